The second kappa shape index (κ2) is 10.6. The van der Waals surface area contributed by atoms with E-state index in [1.165, 1.54) is 13.5 Å². The van der Waals surface area contributed by atoms with Crippen molar-refractivity contribution in [3.8, 4) is 5.75 Å². The van der Waals surface area contributed by atoms with Gasteiger partial charge in [0.1, 0.15) is 11.3 Å². The lowest BCUT2D eigenvalue weighted by molar-refractivity contribution is -0.139. The van der Waals surface area contributed by atoms with E-state index in [0.717, 1.165) is 43.5 Å². The fourth-order valence-corrected chi connectivity index (χ4v) is 5.21. The van der Waals surface area contributed by atoms with Gasteiger partial charge in [0.05, 0.1) is 19.6 Å². The molecule has 1 aromatic rings. The van der Waals surface area contributed by atoms with Gasteiger partial charge >= 0.3 is 6.03 Å². The van der Waals surface area contributed by atoms with Crippen LogP contribution < -0.4 is 20.8 Å². The number of ether oxygens (including phenoxy) is 1. The van der Waals surface area contributed by atoms with Gasteiger partial charge in [-0.2, -0.15) is 5.01 Å². The van der Waals surface area contributed by atoms with Gasteiger partial charge in [0, 0.05) is 12.6 Å². The second-order valence-corrected chi connectivity index (χ2v) is 9.88. The normalized spacial score (nSPS) is 25.8. The molecule has 2 atom stereocenters. The first-order valence-corrected chi connectivity index (χ1v) is 12.4. The fraction of sp³-hybridized carbons (Fsp3) is 0.600. The minimum absolute atomic E-state index is 0.000142. The van der Waals surface area contributed by atoms with Gasteiger partial charge in [0.2, 0.25) is 5.91 Å². The number of methoxy groups -OCH3 is 1. The Hall–Kier alpha value is -3.14. The molecule has 10 nitrogen and oxygen atoms in total. The SMILES string of the molecule is COc1cccc(C2(C)NC(=O)N(NC(=O)CN3CCCC(C(=O)NC4CCCCC4)C3)C2=O)c1. The summed E-state index contributed by atoms with van der Waals surface area (Å²) in [5.41, 5.74) is 1.67. The van der Waals surface area contributed by atoms with Crippen LogP contribution in [-0.2, 0) is 19.9 Å². The first-order chi connectivity index (χ1) is 16.8. The summed E-state index contributed by atoms with van der Waals surface area (Å²) < 4.78 is 5.22. The summed E-state index contributed by atoms with van der Waals surface area (Å²) in [6.07, 6.45) is 7.21. The number of carbonyl (C=O) groups is 4. The molecular formula is C25H35N5O5. The van der Waals surface area contributed by atoms with E-state index in [4.69, 9.17) is 4.74 Å². The average molecular weight is 486 g/mol. The van der Waals surface area contributed by atoms with Gasteiger partial charge in [0.15, 0.2) is 0 Å². The maximum atomic E-state index is 13.1. The van der Waals surface area contributed by atoms with E-state index in [2.05, 4.69) is 16.1 Å². The summed E-state index contributed by atoms with van der Waals surface area (Å²) in [4.78, 5) is 53.1. The van der Waals surface area contributed by atoms with Crippen LogP contribution in [0.2, 0.25) is 0 Å². The summed E-state index contributed by atoms with van der Waals surface area (Å²) >= 11 is 0. The van der Waals surface area contributed by atoms with E-state index in [1.54, 1.807) is 31.2 Å². The largest absolute Gasteiger partial charge is 0.497 e. The van der Waals surface area contributed by atoms with Gasteiger partial charge in [-0.25, -0.2) is 4.79 Å². The monoisotopic (exact) mass is 485 g/mol. The topological polar surface area (TPSA) is 120 Å². The third-order valence-corrected chi connectivity index (χ3v) is 7.27. The molecule has 3 N–H and O–H groups in total. The number of rotatable bonds is 7. The second-order valence-electron chi connectivity index (χ2n) is 9.88. The number of amides is 5. The number of urea groups is 1. The van der Waals surface area contributed by atoms with Gasteiger partial charge in [0.25, 0.3) is 11.8 Å². The number of nitrogens with zero attached hydrogens (tertiary/aromatic N) is 2. The summed E-state index contributed by atoms with van der Waals surface area (Å²) in [7, 11) is 1.52. The number of imide groups is 1. The smallest absolute Gasteiger partial charge is 0.344 e. The molecule has 1 aromatic carbocycles. The molecule has 10 heteroatoms. The third-order valence-electron chi connectivity index (χ3n) is 7.27. The summed E-state index contributed by atoms with van der Waals surface area (Å²) in [6, 6.07) is 6.44. The van der Waals surface area contributed by atoms with E-state index >= 15 is 0 Å². The number of benzene rings is 1. The highest BCUT2D eigenvalue weighted by Crippen LogP contribution is 2.30. The standard InChI is InChI=1S/C25H35N5O5/c1-25(18-9-6-12-20(14-18)35-2)23(33)30(24(34)27-25)28-21(31)16-29-13-7-8-17(15-29)22(32)26-19-10-4-3-5-11-19/h6,9,12,14,17,19H,3-5,7-8,10-11,13,15-16H2,1-2H3,(H,26,32)(H,27,34)(H,28,31). The molecule has 0 bridgehead atoms. The minimum Gasteiger partial charge on any atom is -0.497 e. The first kappa shape index (κ1) is 25.0. The number of piperidine rings is 1. The van der Waals surface area contributed by atoms with Crippen LogP contribution in [0.3, 0.4) is 0 Å². The van der Waals surface area contributed by atoms with Gasteiger partial charge in [-0.1, -0.05) is 31.4 Å². The van der Waals surface area contributed by atoms with Crippen LogP contribution in [0.4, 0.5) is 4.79 Å². The Kier molecular flexibility index (Phi) is 7.59. The molecule has 3 fully saturated rings. The quantitative estimate of drug-likeness (QED) is 0.505. The molecule has 190 valence electrons. The zero-order chi connectivity index (χ0) is 25.0. The van der Waals surface area contributed by atoms with Crippen molar-refractivity contribution in [1.82, 2.24) is 26.0 Å². The van der Waals surface area contributed by atoms with Crippen LogP contribution in [0.1, 0.15) is 57.4 Å². The lowest BCUT2D eigenvalue weighted by atomic mass is 9.92. The van der Waals surface area contributed by atoms with Crippen molar-refractivity contribution in [3.05, 3.63) is 29.8 Å². The molecular weight excluding hydrogens is 450 g/mol. The van der Waals surface area contributed by atoms with E-state index in [0.29, 0.717) is 24.4 Å². The first-order valence-electron chi connectivity index (χ1n) is 12.4. The van der Waals surface area contributed by atoms with Crippen LogP contribution in [0.5, 0.6) is 5.75 Å². The fourth-order valence-electron chi connectivity index (χ4n) is 5.21. The molecule has 2 heterocycles. The van der Waals surface area contributed by atoms with E-state index in [9.17, 15) is 19.2 Å². The Morgan fingerprint density at radius 3 is 2.66 bits per heavy atom. The van der Waals surface area contributed by atoms with Crippen LogP contribution in [-0.4, -0.2) is 66.4 Å². The molecule has 35 heavy (non-hydrogen) atoms. The minimum atomic E-state index is -1.33. The highest BCUT2D eigenvalue weighted by molar-refractivity contribution is 6.08. The summed E-state index contributed by atoms with van der Waals surface area (Å²) in [5, 5.41) is 6.59. The predicted octanol–water partition coefficient (Wildman–Crippen LogP) is 1.65. The molecule has 3 aliphatic rings. The lowest BCUT2D eigenvalue weighted by Gasteiger charge is -2.33. The molecule has 2 saturated heterocycles. The lowest BCUT2D eigenvalue weighted by Crippen LogP contribution is -2.52. The van der Waals surface area contributed by atoms with Crippen LogP contribution >= 0.6 is 0 Å². The van der Waals surface area contributed by atoms with Crippen molar-refractivity contribution in [2.24, 2.45) is 5.92 Å². The van der Waals surface area contributed by atoms with Crippen molar-refractivity contribution in [2.45, 2.75) is 63.5 Å². The van der Waals surface area contributed by atoms with Gasteiger partial charge in [-0.05, 0) is 56.8 Å². The van der Waals surface area contributed by atoms with Gasteiger partial charge < -0.3 is 15.4 Å². The number of nitrogens with one attached hydrogen (secondary N) is 3. The van der Waals surface area contributed by atoms with Crippen LogP contribution in [0, 0.1) is 5.92 Å². The van der Waals surface area contributed by atoms with Crippen molar-refractivity contribution in [1.29, 1.82) is 0 Å². The Bertz CT molecular complexity index is 979. The van der Waals surface area contributed by atoms with Crippen molar-refractivity contribution < 1.29 is 23.9 Å². The molecule has 0 aromatic heterocycles. The Labute approximate surface area is 205 Å². The average Bonchev–Trinajstić information content (AvgIpc) is 3.08. The number of likely N-dealkylation sites (tertiary alicyclic amines) is 1. The van der Waals surface area contributed by atoms with Gasteiger partial charge in [-0.3, -0.25) is 24.7 Å². The molecule has 1 saturated carbocycles. The number of carbonyl (C=O) groups excluding carboxylic acids is 4. The molecule has 0 radical (unpaired) electrons. The molecule has 4 rings (SSSR count). The Morgan fingerprint density at radius 1 is 1.14 bits per heavy atom. The number of hydrazine groups is 1. The molecule has 1 aliphatic carbocycles. The summed E-state index contributed by atoms with van der Waals surface area (Å²) in [5.74, 6) is -0.596. The number of hydrogen-bond acceptors (Lipinski definition) is 6. The van der Waals surface area contributed by atoms with E-state index in [-0.39, 0.29) is 24.4 Å². The molecule has 2 aliphatic heterocycles. The highest BCUT2D eigenvalue weighted by Gasteiger charge is 2.50. The van der Waals surface area contributed by atoms with Crippen molar-refractivity contribution in [3.63, 3.8) is 0 Å². The van der Waals surface area contributed by atoms with Crippen LogP contribution in [0.25, 0.3) is 0 Å². The van der Waals surface area contributed by atoms with Crippen molar-refractivity contribution in [2.75, 3.05) is 26.7 Å². The summed E-state index contributed by atoms with van der Waals surface area (Å²) in [6.45, 7) is 2.75. The van der Waals surface area contributed by atoms with Crippen LogP contribution in [0.15, 0.2) is 24.3 Å². The van der Waals surface area contributed by atoms with Gasteiger partial charge in [-0.15, -0.1) is 0 Å². The van der Waals surface area contributed by atoms with Crippen molar-refractivity contribution >= 4 is 23.8 Å². The third kappa shape index (κ3) is 5.58. The number of hydrogen-bond donors (Lipinski definition) is 3. The van der Waals surface area contributed by atoms with E-state index < -0.39 is 23.4 Å². The maximum Gasteiger partial charge on any atom is 0.344 e. The highest BCUT2D eigenvalue weighted by atomic mass is 16.5. The molecule has 2 unspecified atom stereocenters. The molecule has 0 spiro atoms. The predicted molar refractivity (Wildman–Crippen MR) is 128 cm³/mol. The Morgan fingerprint density at radius 2 is 1.91 bits per heavy atom. The zero-order valence-corrected chi connectivity index (χ0v) is 20.5. The molecule has 5 amide bonds. The Balaban J connectivity index is 1.32. The maximum absolute atomic E-state index is 13.1. The van der Waals surface area contributed by atoms with E-state index in [1.807, 2.05) is 4.90 Å². The zero-order valence-electron chi connectivity index (χ0n) is 20.5.